The van der Waals surface area contributed by atoms with E-state index >= 15 is 0 Å². The van der Waals surface area contributed by atoms with Crippen molar-refractivity contribution in [3.8, 4) is 11.5 Å². The number of rotatable bonds is 5. The molecule has 0 bridgehead atoms. The SMILES string of the molecule is Cc1cccc(Oc2cnc(C)nc2C2=N[C@H](Cc3ccc(C)cc3C)CON2)c1. The molecular weight excluding hydrogens is 376 g/mol. The first-order valence-electron chi connectivity index (χ1n) is 10.1. The van der Waals surface area contributed by atoms with E-state index in [9.17, 15) is 0 Å². The van der Waals surface area contributed by atoms with E-state index in [1.165, 1.54) is 16.7 Å². The monoisotopic (exact) mass is 402 g/mol. The van der Waals surface area contributed by atoms with E-state index in [2.05, 4.69) is 47.5 Å². The van der Waals surface area contributed by atoms with E-state index < -0.39 is 0 Å². The first-order chi connectivity index (χ1) is 14.5. The number of benzene rings is 2. The molecule has 0 fully saturated rings. The molecule has 2 aromatic carbocycles. The molecule has 1 aliphatic heterocycles. The average Bonchev–Trinajstić information content (AvgIpc) is 2.72. The molecule has 4 rings (SSSR count). The van der Waals surface area contributed by atoms with Gasteiger partial charge in [-0.3, -0.25) is 9.83 Å². The van der Waals surface area contributed by atoms with Gasteiger partial charge in [0.25, 0.3) is 0 Å². The Labute approximate surface area is 177 Å². The Balaban J connectivity index is 1.62. The topological polar surface area (TPSA) is 68.6 Å². The highest BCUT2D eigenvalue weighted by Gasteiger charge is 2.22. The molecule has 30 heavy (non-hydrogen) atoms. The number of ether oxygens (including phenoxy) is 1. The van der Waals surface area contributed by atoms with E-state index in [-0.39, 0.29) is 6.04 Å². The fraction of sp³-hybridized carbons (Fsp3) is 0.292. The second kappa shape index (κ2) is 8.63. The lowest BCUT2D eigenvalue weighted by Crippen LogP contribution is -2.37. The van der Waals surface area contributed by atoms with Crippen molar-refractivity contribution < 1.29 is 9.57 Å². The molecule has 0 unspecified atom stereocenters. The minimum atomic E-state index is -0.00949. The number of hydrogen-bond acceptors (Lipinski definition) is 6. The van der Waals surface area contributed by atoms with Gasteiger partial charge < -0.3 is 4.74 Å². The smallest absolute Gasteiger partial charge is 0.175 e. The van der Waals surface area contributed by atoms with Crippen molar-refractivity contribution in [3.05, 3.63) is 82.4 Å². The molecular formula is C24H26N4O2. The first kappa shape index (κ1) is 20.0. The molecule has 6 nitrogen and oxygen atoms in total. The Kier molecular flexibility index (Phi) is 5.77. The lowest BCUT2D eigenvalue weighted by Gasteiger charge is -2.23. The van der Waals surface area contributed by atoms with Gasteiger partial charge in [-0.05, 0) is 62.9 Å². The molecule has 154 valence electrons. The first-order valence-corrected chi connectivity index (χ1v) is 10.1. The molecule has 0 amide bonds. The quantitative estimate of drug-likeness (QED) is 0.685. The molecule has 2 heterocycles. The zero-order valence-electron chi connectivity index (χ0n) is 17.8. The van der Waals surface area contributed by atoms with Gasteiger partial charge in [0.1, 0.15) is 11.6 Å². The van der Waals surface area contributed by atoms with E-state index in [0.717, 1.165) is 17.7 Å². The minimum absolute atomic E-state index is 0.00949. The molecule has 1 N–H and O–H groups in total. The highest BCUT2D eigenvalue weighted by molar-refractivity contribution is 5.99. The van der Waals surface area contributed by atoms with Crippen LogP contribution >= 0.6 is 0 Å². The third kappa shape index (κ3) is 4.66. The maximum atomic E-state index is 6.08. The summed E-state index contributed by atoms with van der Waals surface area (Å²) in [6.07, 6.45) is 2.48. The maximum Gasteiger partial charge on any atom is 0.175 e. The van der Waals surface area contributed by atoms with Gasteiger partial charge in [0.15, 0.2) is 17.3 Å². The molecule has 6 heteroatoms. The molecule has 1 aromatic heterocycles. The highest BCUT2D eigenvalue weighted by Crippen LogP contribution is 2.26. The van der Waals surface area contributed by atoms with Crippen molar-refractivity contribution in [3.63, 3.8) is 0 Å². The van der Waals surface area contributed by atoms with Crippen molar-refractivity contribution in [2.24, 2.45) is 4.99 Å². The van der Waals surface area contributed by atoms with Crippen molar-refractivity contribution >= 4 is 5.84 Å². The highest BCUT2D eigenvalue weighted by atomic mass is 16.6. The van der Waals surface area contributed by atoms with Crippen LogP contribution in [0, 0.1) is 27.7 Å². The Morgan fingerprint density at radius 2 is 1.90 bits per heavy atom. The van der Waals surface area contributed by atoms with Crippen LogP contribution in [0.25, 0.3) is 0 Å². The van der Waals surface area contributed by atoms with Crippen LogP contribution in [-0.2, 0) is 11.3 Å². The Morgan fingerprint density at radius 3 is 2.70 bits per heavy atom. The number of aryl methyl sites for hydroxylation is 4. The summed E-state index contributed by atoms with van der Waals surface area (Å²) in [5.41, 5.74) is 8.43. The normalized spacial score (nSPS) is 16.0. The number of amidine groups is 1. The lowest BCUT2D eigenvalue weighted by molar-refractivity contribution is 0.0621. The van der Waals surface area contributed by atoms with Crippen LogP contribution in [0.3, 0.4) is 0 Å². The van der Waals surface area contributed by atoms with Gasteiger partial charge in [-0.2, -0.15) is 0 Å². The summed E-state index contributed by atoms with van der Waals surface area (Å²) in [4.78, 5) is 19.4. The van der Waals surface area contributed by atoms with Crippen LogP contribution in [-0.4, -0.2) is 28.5 Å². The zero-order chi connectivity index (χ0) is 21.1. The van der Waals surface area contributed by atoms with Crippen molar-refractivity contribution in [2.45, 2.75) is 40.2 Å². The molecule has 0 saturated heterocycles. The lowest BCUT2D eigenvalue weighted by atomic mass is 9.99. The minimum Gasteiger partial charge on any atom is -0.453 e. The third-order valence-corrected chi connectivity index (χ3v) is 5.03. The number of aliphatic imine (C=N–C) groups is 1. The predicted molar refractivity (Wildman–Crippen MR) is 117 cm³/mol. The van der Waals surface area contributed by atoms with Crippen LogP contribution in [0.2, 0.25) is 0 Å². The van der Waals surface area contributed by atoms with Crippen LogP contribution in [0.4, 0.5) is 0 Å². The molecule has 0 spiro atoms. The Morgan fingerprint density at radius 1 is 1.07 bits per heavy atom. The summed E-state index contributed by atoms with van der Waals surface area (Å²) in [5, 5.41) is 0. The van der Waals surface area contributed by atoms with Gasteiger partial charge >= 0.3 is 0 Å². The van der Waals surface area contributed by atoms with Gasteiger partial charge in [0, 0.05) is 0 Å². The Bertz CT molecular complexity index is 1090. The molecule has 0 saturated carbocycles. The number of hydroxylamine groups is 1. The fourth-order valence-corrected chi connectivity index (χ4v) is 3.50. The molecule has 3 aromatic rings. The maximum absolute atomic E-state index is 6.08. The third-order valence-electron chi connectivity index (χ3n) is 5.03. The summed E-state index contributed by atoms with van der Waals surface area (Å²) in [6, 6.07) is 14.4. The summed E-state index contributed by atoms with van der Waals surface area (Å²) < 4.78 is 6.08. The van der Waals surface area contributed by atoms with Crippen LogP contribution < -0.4 is 10.2 Å². The number of hydrogen-bond donors (Lipinski definition) is 1. The molecule has 1 atom stereocenters. The van der Waals surface area contributed by atoms with Gasteiger partial charge in [-0.1, -0.05) is 35.9 Å². The zero-order valence-corrected chi connectivity index (χ0v) is 17.8. The standard InChI is InChI=1S/C24H26N4O2/c1-15-6-5-7-21(11-15)30-22-13-25-18(4)26-23(22)24-27-20(14-29-28-24)12-19-9-8-16(2)10-17(19)3/h5-11,13,20H,12,14H2,1-4H3,(H,27,28)/t20-/m1/s1. The number of aromatic nitrogens is 2. The average molecular weight is 402 g/mol. The summed E-state index contributed by atoms with van der Waals surface area (Å²) in [5.74, 6) is 2.47. The van der Waals surface area contributed by atoms with Gasteiger partial charge in [0.2, 0.25) is 0 Å². The predicted octanol–water partition coefficient (Wildman–Crippen LogP) is 4.40. The number of nitrogens with one attached hydrogen (secondary N) is 1. The fourth-order valence-electron chi connectivity index (χ4n) is 3.50. The van der Waals surface area contributed by atoms with Gasteiger partial charge in [-0.25, -0.2) is 15.4 Å². The van der Waals surface area contributed by atoms with Crippen LogP contribution in [0.5, 0.6) is 11.5 Å². The van der Waals surface area contributed by atoms with Crippen molar-refractivity contribution in [2.75, 3.05) is 6.61 Å². The molecule has 1 aliphatic rings. The van der Waals surface area contributed by atoms with Gasteiger partial charge in [0.05, 0.1) is 18.8 Å². The molecule has 0 aliphatic carbocycles. The second-order valence-electron chi connectivity index (χ2n) is 7.73. The van der Waals surface area contributed by atoms with E-state index in [1.54, 1.807) is 6.20 Å². The van der Waals surface area contributed by atoms with Gasteiger partial charge in [-0.15, -0.1) is 0 Å². The second-order valence-corrected chi connectivity index (χ2v) is 7.73. The van der Waals surface area contributed by atoms with E-state index in [0.29, 0.717) is 29.7 Å². The Hall–Kier alpha value is -3.25. The van der Waals surface area contributed by atoms with E-state index in [1.807, 2.05) is 38.1 Å². The van der Waals surface area contributed by atoms with Crippen molar-refractivity contribution in [1.82, 2.24) is 15.4 Å². The molecule has 0 radical (unpaired) electrons. The van der Waals surface area contributed by atoms with Crippen LogP contribution in [0.1, 0.15) is 33.8 Å². The van der Waals surface area contributed by atoms with E-state index in [4.69, 9.17) is 14.6 Å². The summed E-state index contributed by atoms with van der Waals surface area (Å²) in [6.45, 7) is 8.61. The summed E-state index contributed by atoms with van der Waals surface area (Å²) in [7, 11) is 0. The van der Waals surface area contributed by atoms with Crippen LogP contribution in [0.15, 0.2) is 53.7 Å². The summed E-state index contributed by atoms with van der Waals surface area (Å²) >= 11 is 0. The largest absolute Gasteiger partial charge is 0.453 e. The number of nitrogens with zero attached hydrogens (tertiary/aromatic N) is 3. The van der Waals surface area contributed by atoms with Crippen molar-refractivity contribution in [1.29, 1.82) is 0 Å².